The van der Waals surface area contributed by atoms with Crippen LogP contribution >= 0.6 is 11.6 Å². The van der Waals surface area contributed by atoms with Crippen LogP contribution in [0.25, 0.3) is 0 Å². The molecule has 0 aliphatic heterocycles. The summed E-state index contributed by atoms with van der Waals surface area (Å²) in [5.41, 5.74) is 1.12. The molecule has 0 heterocycles. The van der Waals surface area contributed by atoms with Crippen LogP contribution in [-0.2, 0) is 4.74 Å². The van der Waals surface area contributed by atoms with Crippen molar-refractivity contribution >= 4 is 29.2 Å². The Bertz CT molecular complexity index is 713. The zero-order chi connectivity index (χ0) is 16.8. The number of ether oxygens (including phenoxy) is 2. The lowest BCUT2D eigenvalue weighted by Crippen LogP contribution is -2.15. The Morgan fingerprint density at radius 3 is 2.43 bits per heavy atom. The first-order valence-corrected chi connectivity index (χ1v) is 7.35. The summed E-state index contributed by atoms with van der Waals surface area (Å²) in [5, 5.41) is 3.30. The van der Waals surface area contributed by atoms with Crippen molar-refractivity contribution in [2.24, 2.45) is 0 Å². The molecule has 2 aromatic carbocycles. The summed E-state index contributed by atoms with van der Waals surface area (Å²) < 4.78 is 10.1. The molecule has 0 bridgehead atoms. The minimum Gasteiger partial charge on any atom is -0.496 e. The Labute approximate surface area is 139 Å². The number of hydrogen-bond donors (Lipinski definition) is 1. The van der Waals surface area contributed by atoms with Crippen LogP contribution in [0, 0.1) is 0 Å². The fourth-order valence-electron chi connectivity index (χ4n) is 1.96. The van der Waals surface area contributed by atoms with Gasteiger partial charge >= 0.3 is 5.97 Å². The quantitative estimate of drug-likeness (QED) is 0.846. The van der Waals surface area contributed by atoms with Gasteiger partial charge in [0.2, 0.25) is 0 Å². The average molecular weight is 334 g/mol. The van der Waals surface area contributed by atoms with Gasteiger partial charge in [-0.2, -0.15) is 0 Å². The Kier molecular flexibility index (Phi) is 5.60. The molecule has 0 atom stereocenters. The second-order valence-corrected chi connectivity index (χ2v) is 5.03. The highest BCUT2D eigenvalue weighted by Crippen LogP contribution is 2.22. The summed E-state index contributed by atoms with van der Waals surface area (Å²) in [7, 11) is 1.46. The number of amides is 1. The predicted octanol–water partition coefficient (Wildman–Crippen LogP) is 3.78. The zero-order valence-electron chi connectivity index (χ0n) is 12.8. The number of carbonyl (C=O) groups is 2. The molecule has 120 valence electrons. The highest BCUT2D eigenvalue weighted by atomic mass is 35.5. The summed E-state index contributed by atoms with van der Waals surface area (Å²) in [4.78, 5) is 24.2. The number of halogens is 1. The fourth-order valence-corrected chi connectivity index (χ4v) is 2.08. The van der Waals surface area contributed by atoms with E-state index in [1.54, 1.807) is 43.3 Å². The SMILES string of the molecule is CCOC(=O)c1ccc(OC)c(C(=O)Nc2ccc(Cl)cc2)c1. The van der Waals surface area contributed by atoms with Crippen LogP contribution in [0.5, 0.6) is 5.75 Å². The van der Waals surface area contributed by atoms with Gasteiger partial charge in [-0.05, 0) is 49.4 Å². The summed E-state index contributed by atoms with van der Waals surface area (Å²) >= 11 is 5.81. The van der Waals surface area contributed by atoms with E-state index in [1.807, 2.05) is 0 Å². The molecule has 1 amide bonds. The molecule has 0 fully saturated rings. The van der Waals surface area contributed by atoms with E-state index in [4.69, 9.17) is 21.1 Å². The first-order chi connectivity index (χ1) is 11.0. The van der Waals surface area contributed by atoms with Crippen LogP contribution in [0.4, 0.5) is 5.69 Å². The van der Waals surface area contributed by atoms with E-state index in [2.05, 4.69) is 5.32 Å². The van der Waals surface area contributed by atoms with Crippen molar-refractivity contribution in [1.82, 2.24) is 0 Å². The third kappa shape index (κ3) is 4.23. The van der Waals surface area contributed by atoms with Crippen molar-refractivity contribution in [3.05, 3.63) is 58.6 Å². The minimum atomic E-state index is -0.490. The van der Waals surface area contributed by atoms with Crippen molar-refractivity contribution in [1.29, 1.82) is 0 Å². The molecule has 0 saturated carbocycles. The Morgan fingerprint density at radius 1 is 1.13 bits per heavy atom. The second kappa shape index (κ2) is 7.65. The highest BCUT2D eigenvalue weighted by molar-refractivity contribution is 6.30. The standard InChI is InChI=1S/C17H16ClNO4/c1-3-23-17(21)11-4-9-15(22-2)14(10-11)16(20)19-13-7-5-12(18)6-8-13/h4-10H,3H2,1-2H3,(H,19,20). The van der Waals surface area contributed by atoms with Gasteiger partial charge in [-0.3, -0.25) is 4.79 Å². The number of esters is 1. The number of anilines is 1. The lowest BCUT2D eigenvalue weighted by atomic mass is 10.1. The van der Waals surface area contributed by atoms with Crippen LogP contribution in [0.2, 0.25) is 5.02 Å². The van der Waals surface area contributed by atoms with E-state index in [0.717, 1.165) is 0 Å². The Morgan fingerprint density at radius 2 is 1.83 bits per heavy atom. The van der Waals surface area contributed by atoms with Gasteiger partial charge in [0.15, 0.2) is 0 Å². The van der Waals surface area contributed by atoms with E-state index in [0.29, 0.717) is 16.5 Å². The van der Waals surface area contributed by atoms with Crippen LogP contribution in [-0.4, -0.2) is 25.6 Å². The molecule has 0 aliphatic rings. The molecule has 0 saturated heterocycles. The third-order valence-corrected chi connectivity index (χ3v) is 3.31. The van der Waals surface area contributed by atoms with Crippen LogP contribution in [0.1, 0.15) is 27.6 Å². The van der Waals surface area contributed by atoms with E-state index >= 15 is 0 Å². The average Bonchev–Trinajstić information content (AvgIpc) is 2.56. The lowest BCUT2D eigenvalue weighted by Gasteiger charge is -2.11. The Hall–Kier alpha value is -2.53. The maximum absolute atomic E-state index is 12.4. The largest absolute Gasteiger partial charge is 0.496 e. The fraction of sp³-hybridized carbons (Fsp3) is 0.176. The lowest BCUT2D eigenvalue weighted by molar-refractivity contribution is 0.0526. The first-order valence-electron chi connectivity index (χ1n) is 6.97. The third-order valence-electron chi connectivity index (χ3n) is 3.06. The molecule has 0 aromatic heterocycles. The molecule has 1 N–H and O–H groups in total. The van der Waals surface area contributed by atoms with Gasteiger partial charge in [0.25, 0.3) is 5.91 Å². The summed E-state index contributed by atoms with van der Waals surface area (Å²) in [6.07, 6.45) is 0. The van der Waals surface area contributed by atoms with Crippen molar-refractivity contribution in [3.8, 4) is 5.75 Å². The zero-order valence-corrected chi connectivity index (χ0v) is 13.5. The number of benzene rings is 2. The number of methoxy groups -OCH3 is 1. The molecule has 0 spiro atoms. The second-order valence-electron chi connectivity index (χ2n) is 4.60. The molecular weight excluding hydrogens is 318 g/mol. The molecule has 23 heavy (non-hydrogen) atoms. The molecule has 0 unspecified atom stereocenters. The normalized spacial score (nSPS) is 10.0. The van der Waals surface area contributed by atoms with Gasteiger partial charge in [0.1, 0.15) is 5.75 Å². The molecular formula is C17H16ClNO4. The van der Waals surface area contributed by atoms with Gasteiger partial charge in [-0.15, -0.1) is 0 Å². The maximum atomic E-state index is 12.4. The molecule has 0 aliphatic carbocycles. The monoisotopic (exact) mass is 333 g/mol. The first kappa shape index (κ1) is 16.8. The molecule has 5 nitrogen and oxygen atoms in total. The summed E-state index contributed by atoms with van der Waals surface area (Å²) in [6.45, 7) is 1.98. The topological polar surface area (TPSA) is 64.6 Å². The van der Waals surface area contributed by atoms with Crippen molar-refractivity contribution in [2.45, 2.75) is 6.92 Å². The van der Waals surface area contributed by atoms with Gasteiger partial charge < -0.3 is 14.8 Å². The number of carbonyl (C=O) groups excluding carboxylic acids is 2. The van der Waals surface area contributed by atoms with E-state index in [1.165, 1.54) is 13.2 Å². The summed E-state index contributed by atoms with van der Waals surface area (Å²) in [6, 6.07) is 11.3. The maximum Gasteiger partial charge on any atom is 0.338 e. The van der Waals surface area contributed by atoms with Crippen molar-refractivity contribution in [2.75, 3.05) is 19.0 Å². The number of rotatable bonds is 5. The van der Waals surface area contributed by atoms with Gasteiger partial charge in [-0.25, -0.2) is 4.79 Å². The van der Waals surface area contributed by atoms with E-state index < -0.39 is 11.9 Å². The highest BCUT2D eigenvalue weighted by Gasteiger charge is 2.16. The van der Waals surface area contributed by atoms with Crippen LogP contribution < -0.4 is 10.1 Å². The molecule has 0 radical (unpaired) electrons. The Balaban J connectivity index is 2.28. The molecule has 2 aromatic rings. The van der Waals surface area contributed by atoms with Crippen molar-refractivity contribution in [3.63, 3.8) is 0 Å². The number of hydrogen-bond acceptors (Lipinski definition) is 4. The van der Waals surface area contributed by atoms with Gasteiger partial charge in [-0.1, -0.05) is 11.6 Å². The number of nitrogens with one attached hydrogen (secondary N) is 1. The molecule has 2 rings (SSSR count). The van der Waals surface area contributed by atoms with E-state index in [-0.39, 0.29) is 17.7 Å². The van der Waals surface area contributed by atoms with Crippen LogP contribution in [0.15, 0.2) is 42.5 Å². The van der Waals surface area contributed by atoms with Crippen molar-refractivity contribution < 1.29 is 19.1 Å². The minimum absolute atomic E-state index is 0.244. The van der Waals surface area contributed by atoms with E-state index in [9.17, 15) is 9.59 Å². The van der Waals surface area contributed by atoms with Gasteiger partial charge in [0.05, 0.1) is 24.8 Å². The smallest absolute Gasteiger partial charge is 0.338 e. The molecule has 6 heteroatoms. The summed E-state index contributed by atoms with van der Waals surface area (Å²) in [5.74, 6) is -0.518. The predicted molar refractivity (Wildman–Crippen MR) is 88.4 cm³/mol. The van der Waals surface area contributed by atoms with Gasteiger partial charge in [0, 0.05) is 10.7 Å². The van der Waals surface area contributed by atoms with Crippen LogP contribution in [0.3, 0.4) is 0 Å².